The number of carbonyl (C=O) groups is 1. The standard InChI is InChI=1S/C12H21N5O/c1-7(2)8-5-3-4-6-9(8)14-11(18)10-15-12(13)17-16-10/h7-9H,3-6H2,1-2H3,(H,14,18)(H3,13,15,16,17). The number of aromatic amines is 1. The predicted molar refractivity (Wildman–Crippen MR) is 68.8 cm³/mol. The van der Waals surface area contributed by atoms with E-state index in [-0.39, 0.29) is 23.7 Å². The quantitative estimate of drug-likeness (QED) is 0.755. The summed E-state index contributed by atoms with van der Waals surface area (Å²) in [4.78, 5) is 15.8. The maximum Gasteiger partial charge on any atom is 0.288 e. The molecule has 0 bridgehead atoms. The SMILES string of the molecule is CC(C)C1CCCCC1NC(=O)c1nc(N)n[nH]1. The second-order valence-electron chi connectivity index (χ2n) is 5.31. The van der Waals surface area contributed by atoms with Gasteiger partial charge in [-0.1, -0.05) is 26.7 Å². The van der Waals surface area contributed by atoms with Gasteiger partial charge >= 0.3 is 0 Å². The molecule has 18 heavy (non-hydrogen) atoms. The lowest BCUT2D eigenvalue weighted by Crippen LogP contribution is -2.44. The molecule has 0 aliphatic heterocycles. The van der Waals surface area contributed by atoms with Gasteiger partial charge < -0.3 is 11.1 Å². The zero-order valence-corrected chi connectivity index (χ0v) is 10.9. The Hall–Kier alpha value is -1.59. The largest absolute Gasteiger partial charge is 0.366 e. The Labute approximate surface area is 107 Å². The van der Waals surface area contributed by atoms with E-state index in [9.17, 15) is 4.79 Å². The number of amides is 1. The van der Waals surface area contributed by atoms with E-state index in [0.717, 1.165) is 6.42 Å². The van der Waals surface area contributed by atoms with E-state index in [0.29, 0.717) is 11.8 Å². The van der Waals surface area contributed by atoms with Crippen LogP contribution in [-0.2, 0) is 0 Å². The molecular formula is C12H21N5O. The van der Waals surface area contributed by atoms with Crippen molar-refractivity contribution in [3.63, 3.8) is 0 Å². The van der Waals surface area contributed by atoms with E-state index in [1.807, 2.05) is 0 Å². The second-order valence-corrected chi connectivity index (χ2v) is 5.31. The monoisotopic (exact) mass is 251 g/mol. The van der Waals surface area contributed by atoms with E-state index in [1.54, 1.807) is 0 Å². The third-order valence-electron chi connectivity index (χ3n) is 3.71. The minimum atomic E-state index is -0.211. The molecule has 0 spiro atoms. The molecule has 4 N–H and O–H groups in total. The van der Waals surface area contributed by atoms with Gasteiger partial charge in [-0.3, -0.25) is 9.89 Å². The number of aromatic nitrogens is 3. The van der Waals surface area contributed by atoms with Crippen molar-refractivity contribution in [1.82, 2.24) is 20.5 Å². The smallest absolute Gasteiger partial charge is 0.288 e. The van der Waals surface area contributed by atoms with E-state index in [1.165, 1.54) is 19.3 Å². The van der Waals surface area contributed by atoms with Crippen molar-refractivity contribution in [2.45, 2.75) is 45.6 Å². The first-order valence-electron chi connectivity index (χ1n) is 6.56. The van der Waals surface area contributed by atoms with Crippen LogP contribution in [0.3, 0.4) is 0 Å². The highest BCUT2D eigenvalue weighted by Crippen LogP contribution is 2.30. The fourth-order valence-corrected chi connectivity index (χ4v) is 2.75. The Morgan fingerprint density at radius 2 is 2.17 bits per heavy atom. The van der Waals surface area contributed by atoms with E-state index in [4.69, 9.17) is 5.73 Å². The summed E-state index contributed by atoms with van der Waals surface area (Å²) in [6.07, 6.45) is 4.65. The van der Waals surface area contributed by atoms with Crippen LogP contribution in [-0.4, -0.2) is 27.1 Å². The molecule has 1 amide bonds. The summed E-state index contributed by atoms with van der Waals surface area (Å²) in [7, 11) is 0. The van der Waals surface area contributed by atoms with Crippen molar-refractivity contribution in [3.05, 3.63) is 5.82 Å². The molecule has 1 saturated carbocycles. The molecule has 2 atom stereocenters. The molecule has 1 aromatic rings. The molecule has 6 nitrogen and oxygen atoms in total. The van der Waals surface area contributed by atoms with E-state index >= 15 is 0 Å². The Morgan fingerprint density at radius 3 is 2.78 bits per heavy atom. The second kappa shape index (κ2) is 5.37. The third kappa shape index (κ3) is 2.80. The normalized spacial score (nSPS) is 24.2. The van der Waals surface area contributed by atoms with Crippen molar-refractivity contribution >= 4 is 11.9 Å². The van der Waals surface area contributed by atoms with Crippen molar-refractivity contribution in [1.29, 1.82) is 0 Å². The third-order valence-corrected chi connectivity index (χ3v) is 3.71. The minimum absolute atomic E-state index is 0.101. The summed E-state index contributed by atoms with van der Waals surface area (Å²) in [6, 6.07) is 0.234. The molecule has 1 aliphatic rings. The maximum atomic E-state index is 12.0. The lowest BCUT2D eigenvalue weighted by molar-refractivity contribution is 0.0879. The highest BCUT2D eigenvalue weighted by atomic mass is 16.2. The molecule has 2 unspecified atom stereocenters. The molecule has 0 saturated heterocycles. The number of nitrogens with two attached hydrogens (primary N) is 1. The van der Waals surface area contributed by atoms with Crippen LogP contribution in [0.5, 0.6) is 0 Å². The summed E-state index contributed by atoms with van der Waals surface area (Å²) in [5.41, 5.74) is 5.39. The Morgan fingerprint density at radius 1 is 1.44 bits per heavy atom. The molecule has 1 aromatic heterocycles. The molecule has 0 aromatic carbocycles. The summed E-state index contributed by atoms with van der Waals surface area (Å²) >= 11 is 0. The molecular weight excluding hydrogens is 230 g/mol. The van der Waals surface area contributed by atoms with E-state index in [2.05, 4.69) is 34.3 Å². The fourth-order valence-electron chi connectivity index (χ4n) is 2.75. The van der Waals surface area contributed by atoms with Crippen molar-refractivity contribution in [3.8, 4) is 0 Å². The van der Waals surface area contributed by atoms with Gasteiger partial charge in [0.25, 0.3) is 5.91 Å². The number of carbonyl (C=O) groups excluding carboxylic acids is 1. The van der Waals surface area contributed by atoms with Gasteiger partial charge in [0.15, 0.2) is 0 Å². The highest BCUT2D eigenvalue weighted by Gasteiger charge is 2.29. The van der Waals surface area contributed by atoms with Crippen LogP contribution >= 0.6 is 0 Å². The molecule has 1 aliphatic carbocycles. The van der Waals surface area contributed by atoms with Gasteiger partial charge in [-0.2, -0.15) is 4.98 Å². The number of H-pyrrole nitrogens is 1. The lowest BCUT2D eigenvalue weighted by atomic mass is 9.78. The number of nitrogens with zero attached hydrogens (tertiary/aromatic N) is 2. The van der Waals surface area contributed by atoms with Crippen LogP contribution in [0, 0.1) is 11.8 Å². The fraction of sp³-hybridized carbons (Fsp3) is 0.750. The first-order chi connectivity index (χ1) is 8.58. The number of hydrogen-bond donors (Lipinski definition) is 3. The molecule has 1 heterocycles. The topological polar surface area (TPSA) is 96.7 Å². The Bertz CT molecular complexity index is 414. The number of hydrogen-bond acceptors (Lipinski definition) is 4. The first kappa shape index (κ1) is 12.9. The van der Waals surface area contributed by atoms with Crippen LogP contribution in [0.2, 0.25) is 0 Å². The zero-order chi connectivity index (χ0) is 13.1. The van der Waals surface area contributed by atoms with Gasteiger partial charge in [0.2, 0.25) is 11.8 Å². The van der Waals surface area contributed by atoms with Crippen LogP contribution in [0.1, 0.15) is 50.1 Å². The van der Waals surface area contributed by atoms with Gasteiger partial charge in [-0.05, 0) is 24.7 Å². The van der Waals surface area contributed by atoms with Crippen LogP contribution in [0.4, 0.5) is 5.95 Å². The lowest BCUT2D eigenvalue weighted by Gasteiger charge is -2.34. The summed E-state index contributed by atoms with van der Waals surface area (Å²) in [5.74, 6) is 1.21. The summed E-state index contributed by atoms with van der Waals surface area (Å²) in [6.45, 7) is 4.42. The average molecular weight is 251 g/mol. The Balaban J connectivity index is 2.00. The number of anilines is 1. The first-order valence-corrected chi connectivity index (χ1v) is 6.56. The van der Waals surface area contributed by atoms with Gasteiger partial charge in [-0.25, -0.2) is 0 Å². The van der Waals surface area contributed by atoms with Crippen LogP contribution in [0.25, 0.3) is 0 Å². The van der Waals surface area contributed by atoms with Gasteiger partial charge in [-0.15, -0.1) is 5.10 Å². The minimum Gasteiger partial charge on any atom is -0.366 e. The van der Waals surface area contributed by atoms with E-state index < -0.39 is 0 Å². The number of nitrogen functional groups attached to an aromatic ring is 1. The van der Waals surface area contributed by atoms with Crippen LogP contribution in [0.15, 0.2) is 0 Å². The predicted octanol–water partition coefficient (Wildman–Crippen LogP) is 1.33. The average Bonchev–Trinajstić information content (AvgIpc) is 2.76. The summed E-state index contributed by atoms with van der Waals surface area (Å²) in [5, 5.41) is 9.26. The molecule has 100 valence electrons. The summed E-state index contributed by atoms with van der Waals surface area (Å²) < 4.78 is 0. The Kier molecular flexibility index (Phi) is 3.84. The zero-order valence-electron chi connectivity index (χ0n) is 10.9. The van der Waals surface area contributed by atoms with Crippen molar-refractivity contribution < 1.29 is 4.79 Å². The number of nitrogens with one attached hydrogen (secondary N) is 2. The highest BCUT2D eigenvalue weighted by molar-refractivity contribution is 5.90. The molecule has 1 fully saturated rings. The van der Waals surface area contributed by atoms with Gasteiger partial charge in [0.05, 0.1) is 0 Å². The van der Waals surface area contributed by atoms with Crippen LogP contribution < -0.4 is 11.1 Å². The van der Waals surface area contributed by atoms with Gasteiger partial charge in [0.1, 0.15) is 0 Å². The van der Waals surface area contributed by atoms with Crippen molar-refractivity contribution in [2.75, 3.05) is 5.73 Å². The maximum absolute atomic E-state index is 12.0. The van der Waals surface area contributed by atoms with Gasteiger partial charge in [0, 0.05) is 6.04 Å². The molecule has 0 radical (unpaired) electrons. The molecule has 2 rings (SSSR count). The van der Waals surface area contributed by atoms with Crippen molar-refractivity contribution in [2.24, 2.45) is 11.8 Å². The number of rotatable bonds is 3. The molecule has 6 heteroatoms.